The number of benzene rings is 1. The van der Waals surface area contributed by atoms with E-state index < -0.39 is 0 Å². The van der Waals surface area contributed by atoms with E-state index in [4.69, 9.17) is 4.42 Å². The van der Waals surface area contributed by atoms with E-state index in [1.165, 1.54) is 6.07 Å². The number of hydrogen-bond donors (Lipinski definition) is 0. The molecule has 1 aromatic carbocycles. The molecule has 0 spiro atoms. The molecule has 0 aliphatic carbocycles. The lowest BCUT2D eigenvalue weighted by Crippen LogP contribution is -2.01. The molecule has 0 atom stereocenters. The van der Waals surface area contributed by atoms with Gasteiger partial charge in [0.25, 0.3) is 0 Å². The summed E-state index contributed by atoms with van der Waals surface area (Å²) in [6, 6.07) is 13.8. The van der Waals surface area contributed by atoms with Crippen molar-refractivity contribution in [2.75, 3.05) is 0 Å². The minimum absolute atomic E-state index is 0.252. The van der Waals surface area contributed by atoms with E-state index in [9.17, 15) is 9.18 Å². The van der Waals surface area contributed by atoms with Crippen LogP contribution in [0, 0.1) is 5.82 Å². The van der Waals surface area contributed by atoms with Gasteiger partial charge in [-0.1, -0.05) is 18.2 Å². The van der Waals surface area contributed by atoms with Gasteiger partial charge in [0.15, 0.2) is 12.0 Å². The first-order valence-corrected chi connectivity index (χ1v) is 7.49. The first kappa shape index (κ1) is 14.4. The van der Waals surface area contributed by atoms with Crippen LogP contribution in [0.4, 0.5) is 4.39 Å². The molecule has 4 aromatic rings. The molecular formula is C19H13FN2O2. The van der Waals surface area contributed by atoms with Crippen molar-refractivity contribution in [3.05, 3.63) is 78.1 Å². The van der Waals surface area contributed by atoms with Crippen LogP contribution in [-0.2, 0) is 6.54 Å². The summed E-state index contributed by atoms with van der Waals surface area (Å²) in [5.41, 5.74) is 2.14. The van der Waals surface area contributed by atoms with Crippen molar-refractivity contribution in [2.45, 2.75) is 6.54 Å². The lowest BCUT2D eigenvalue weighted by Gasteiger charge is -2.05. The molecule has 0 N–H and O–H groups in total. The molecule has 0 amide bonds. The van der Waals surface area contributed by atoms with Crippen LogP contribution in [-0.4, -0.2) is 15.8 Å². The van der Waals surface area contributed by atoms with Crippen LogP contribution in [0.1, 0.15) is 16.1 Å². The smallest absolute Gasteiger partial charge is 0.185 e. The summed E-state index contributed by atoms with van der Waals surface area (Å²) >= 11 is 0. The van der Waals surface area contributed by atoms with E-state index in [0.29, 0.717) is 24.2 Å². The molecule has 0 unspecified atom stereocenters. The first-order chi connectivity index (χ1) is 11.8. The number of rotatable bonds is 4. The summed E-state index contributed by atoms with van der Waals surface area (Å²) in [5, 5.41) is 0.889. The van der Waals surface area contributed by atoms with Crippen molar-refractivity contribution in [1.29, 1.82) is 0 Å². The minimum atomic E-state index is -0.252. The Morgan fingerprint density at radius 2 is 2.00 bits per heavy atom. The number of carbonyl (C=O) groups is 1. The summed E-state index contributed by atoms with van der Waals surface area (Å²) < 4.78 is 21.4. The number of nitrogens with zero attached hydrogens (tertiary/aromatic N) is 2. The van der Waals surface area contributed by atoms with Crippen LogP contribution in [0.2, 0.25) is 0 Å². The number of fused-ring (bicyclic) bond motifs is 1. The molecule has 5 heteroatoms. The maximum atomic E-state index is 14.0. The molecule has 0 saturated carbocycles. The summed E-state index contributed by atoms with van der Waals surface area (Å²) in [6.07, 6.45) is 4.24. The number of hydrogen-bond acceptors (Lipinski definition) is 3. The number of aldehydes is 1. The largest absolute Gasteiger partial charge is 0.453 e. The van der Waals surface area contributed by atoms with Crippen molar-refractivity contribution in [3.8, 4) is 11.3 Å². The highest BCUT2D eigenvalue weighted by molar-refractivity contribution is 5.93. The van der Waals surface area contributed by atoms with E-state index in [1.807, 2.05) is 22.9 Å². The van der Waals surface area contributed by atoms with E-state index in [0.717, 1.165) is 16.6 Å². The van der Waals surface area contributed by atoms with Crippen LogP contribution < -0.4 is 0 Å². The third-order valence-corrected chi connectivity index (χ3v) is 3.94. The second-order valence-electron chi connectivity index (χ2n) is 5.46. The Morgan fingerprint density at radius 3 is 2.79 bits per heavy atom. The molecule has 3 aromatic heterocycles. The predicted octanol–water partition coefficient (Wildman–Crippen LogP) is 4.30. The van der Waals surface area contributed by atoms with Gasteiger partial charge in [0.05, 0.1) is 6.54 Å². The maximum Gasteiger partial charge on any atom is 0.185 e. The topological polar surface area (TPSA) is 48.0 Å². The predicted molar refractivity (Wildman–Crippen MR) is 88.3 cm³/mol. The molecule has 0 aliphatic rings. The van der Waals surface area contributed by atoms with Crippen molar-refractivity contribution in [1.82, 2.24) is 9.55 Å². The molecule has 0 bridgehead atoms. The summed E-state index contributed by atoms with van der Waals surface area (Å²) in [5.74, 6) is 0.601. The zero-order valence-corrected chi connectivity index (χ0v) is 12.6. The SMILES string of the molecule is O=Cc1ccc(-c2cn(Cc3ccccc3F)c3ncccc23)o1. The second-order valence-corrected chi connectivity index (χ2v) is 5.46. The van der Waals surface area contributed by atoms with Gasteiger partial charge in [0, 0.05) is 28.9 Å². The van der Waals surface area contributed by atoms with Crippen molar-refractivity contribution in [2.24, 2.45) is 0 Å². The summed E-state index contributed by atoms with van der Waals surface area (Å²) in [4.78, 5) is 15.3. The first-order valence-electron chi connectivity index (χ1n) is 7.49. The third kappa shape index (κ3) is 2.40. The Hall–Kier alpha value is -3.21. The molecule has 4 nitrogen and oxygen atoms in total. The molecule has 0 fully saturated rings. The molecule has 0 radical (unpaired) electrons. The zero-order chi connectivity index (χ0) is 16.5. The lowest BCUT2D eigenvalue weighted by molar-refractivity contribution is 0.110. The van der Waals surface area contributed by atoms with Gasteiger partial charge >= 0.3 is 0 Å². The van der Waals surface area contributed by atoms with Gasteiger partial charge in [-0.15, -0.1) is 0 Å². The van der Waals surface area contributed by atoms with Crippen LogP contribution >= 0.6 is 0 Å². The number of halogens is 1. The molecular weight excluding hydrogens is 307 g/mol. The van der Waals surface area contributed by atoms with Gasteiger partial charge in [-0.2, -0.15) is 0 Å². The summed E-state index contributed by atoms with van der Waals surface area (Å²) in [6.45, 7) is 0.363. The lowest BCUT2D eigenvalue weighted by atomic mass is 10.2. The Morgan fingerprint density at radius 1 is 1.12 bits per heavy atom. The average Bonchev–Trinajstić information content (AvgIpc) is 3.22. The molecule has 3 heterocycles. The van der Waals surface area contributed by atoms with E-state index in [1.54, 1.807) is 36.5 Å². The molecule has 24 heavy (non-hydrogen) atoms. The fourth-order valence-electron chi connectivity index (χ4n) is 2.81. The number of furan rings is 1. The Bertz CT molecular complexity index is 1030. The second kappa shape index (κ2) is 5.77. The number of pyridine rings is 1. The summed E-state index contributed by atoms with van der Waals surface area (Å²) in [7, 11) is 0. The van der Waals surface area contributed by atoms with E-state index in [-0.39, 0.29) is 11.6 Å². The highest BCUT2D eigenvalue weighted by Crippen LogP contribution is 2.31. The molecule has 0 saturated heterocycles. The normalized spacial score (nSPS) is 11.0. The van der Waals surface area contributed by atoms with Crippen molar-refractivity contribution < 1.29 is 13.6 Å². The van der Waals surface area contributed by atoms with Gasteiger partial charge in [-0.05, 0) is 30.3 Å². The molecule has 4 rings (SSSR count). The monoisotopic (exact) mass is 320 g/mol. The maximum absolute atomic E-state index is 14.0. The van der Waals surface area contributed by atoms with Crippen LogP contribution in [0.15, 0.2) is 65.3 Å². The zero-order valence-electron chi connectivity index (χ0n) is 12.6. The van der Waals surface area contributed by atoms with Crippen LogP contribution in [0.3, 0.4) is 0 Å². The molecule has 0 aliphatic heterocycles. The van der Waals surface area contributed by atoms with Crippen molar-refractivity contribution >= 4 is 17.3 Å². The third-order valence-electron chi connectivity index (χ3n) is 3.94. The average molecular weight is 320 g/mol. The van der Waals surface area contributed by atoms with Gasteiger partial charge in [-0.3, -0.25) is 4.79 Å². The standard InChI is InChI=1S/C19H13FN2O2/c20-17-6-2-1-4-13(17)10-22-11-16(15-5-3-9-21-19(15)22)18-8-7-14(12-23)24-18/h1-9,11-12H,10H2. The minimum Gasteiger partial charge on any atom is -0.453 e. The Kier molecular flexibility index (Phi) is 3.46. The Balaban J connectivity index is 1.85. The highest BCUT2D eigenvalue weighted by atomic mass is 19.1. The Labute approximate surface area is 137 Å². The molecule has 118 valence electrons. The van der Waals surface area contributed by atoms with Gasteiger partial charge < -0.3 is 8.98 Å². The van der Waals surface area contributed by atoms with E-state index >= 15 is 0 Å². The van der Waals surface area contributed by atoms with Crippen molar-refractivity contribution in [3.63, 3.8) is 0 Å². The quantitative estimate of drug-likeness (QED) is 0.527. The highest BCUT2D eigenvalue weighted by Gasteiger charge is 2.15. The fraction of sp³-hybridized carbons (Fsp3) is 0.0526. The van der Waals surface area contributed by atoms with Gasteiger partial charge in [0.2, 0.25) is 0 Å². The number of carbonyl (C=O) groups excluding carboxylic acids is 1. The fourth-order valence-corrected chi connectivity index (χ4v) is 2.81. The number of aromatic nitrogens is 2. The van der Waals surface area contributed by atoms with Gasteiger partial charge in [0.1, 0.15) is 17.2 Å². The van der Waals surface area contributed by atoms with Crippen LogP contribution in [0.25, 0.3) is 22.4 Å². The van der Waals surface area contributed by atoms with Crippen LogP contribution in [0.5, 0.6) is 0 Å². The van der Waals surface area contributed by atoms with Gasteiger partial charge in [-0.25, -0.2) is 9.37 Å². The van der Waals surface area contributed by atoms with E-state index in [2.05, 4.69) is 4.98 Å².